The molecule has 2 N–H and O–H groups in total. The van der Waals surface area contributed by atoms with E-state index in [1.54, 1.807) is 0 Å². The molecule has 2 unspecified atom stereocenters. The van der Waals surface area contributed by atoms with Crippen molar-refractivity contribution in [3.63, 3.8) is 0 Å². The summed E-state index contributed by atoms with van der Waals surface area (Å²) >= 11 is 0. The third-order valence-electron chi connectivity index (χ3n) is 5.56. The second kappa shape index (κ2) is 9.65. The van der Waals surface area contributed by atoms with Gasteiger partial charge in [-0.2, -0.15) is 5.26 Å². The van der Waals surface area contributed by atoms with Gasteiger partial charge in [0.2, 0.25) is 5.96 Å². The van der Waals surface area contributed by atoms with E-state index < -0.39 is 0 Å². The van der Waals surface area contributed by atoms with Crippen molar-refractivity contribution in [3.8, 4) is 17.7 Å². The molecule has 1 aromatic rings. The first kappa shape index (κ1) is 20.3. The zero-order valence-electron chi connectivity index (χ0n) is 16.9. The van der Waals surface area contributed by atoms with Gasteiger partial charge in [0.25, 0.3) is 0 Å². The standard InChI is InChI=1S/C21H31N5O2/c1-3-16(2)24-21(23)26(15-22)12-17-8-10-25(11-9-17)13-18-14-27-19-6-4-5-7-20(19)28-18/h4-7,16-18H,3,8-14H2,1-2H3,(H2,23,24). The smallest absolute Gasteiger partial charge is 0.204 e. The zero-order valence-corrected chi connectivity index (χ0v) is 16.9. The number of fused-ring (bicyclic) bond motifs is 1. The van der Waals surface area contributed by atoms with Crippen LogP contribution in [-0.2, 0) is 0 Å². The van der Waals surface area contributed by atoms with E-state index in [4.69, 9.17) is 14.9 Å². The summed E-state index contributed by atoms with van der Waals surface area (Å²) in [6, 6.07) is 8.01. The van der Waals surface area contributed by atoms with Gasteiger partial charge in [-0.3, -0.25) is 10.3 Å². The molecule has 0 bridgehead atoms. The van der Waals surface area contributed by atoms with Crippen LogP contribution >= 0.6 is 0 Å². The molecule has 3 rings (SSSR count). The van der Waals surface area contributed by atoms with Crippen molar-refractivity contribution in [1.82, 2.24) is 15.1 Å². The maximum atomic E-state index is 9.42. The molecule has 1 saturated heterocycles. The molecule has 0 radical (unpaired) electrons. The van der Waals surface area contributed by atoms with Gasteiger partial charge in [0.05, 0.1) is 0 Å². The number of para-hydroxylation sites is 2. The molecule has 7 nitrogen and oxygen atoms in total. The van der Waals surface area contributed by atoms with Crippen LogP contribution in [0.5, 0.6) is 11.5 Å². The zero-order chi connectivity index (χ0) is 19.9. The molecule has 2 aliphatic heterocycles. The number of rotatable bonds is 6. The number of nitrogens with one attached hydrogen (secondary N) is 2. The lowest BCUT2D eigenvalue weighted by Crippen LogP contribution is -2.47. The van der Waals surface area contributed by atoms with E-state index in [1.807, 2.05) is 31.2 Å². The van der Waals surface area contributed by atoms with E-state index in [1.165, 1.54) is 4.90 Å². The van der Waals surface area contributed by atoms with Crippen molar-refractivity contribution in [2.24, 2.45) is 5.92 Å². The van der Waals surface area contributed by atoms with Crippen molar-refractivity contribution in [2.75, 3.05) is 32.8 Å². The maximum Gasteiger partial charge on any atom is 0.204 e. The van der Waals surface area contributed by atoms with E-state index in [9.17, 15) is 5.26 Å². The molecule has 2 atom stereocenters. The lowest BCUT2D eigenvalue weighted by atomic mass is 9.96. The number of nitrogens with zero attached hydrogens (tertiary/aromatic N) is 3. The summed E-state index contributed by atoms with van der Waals surface area (Å²) in [6.45, 7) is 8.11. The Labute approximate surface area is 167 Å². The van der Waals surface area contributed by atoms with Crippen molar-refractivity contribution in [3.05, 3.63) is 24.3 Å². The number of hydrogen-bond donors (Lipinski definition) is 2. The molecule has 28 heavy (non-hydrogen) atoms. The minimum Gasteiger partial charge on any atom is -0.486 e. The summed E-state index contributed by atoms with van der Waals surface area (Å²) in [7, 11) is 0. The average Bonchev–Trinajstić information content (AvgIpc) is 2.72. The van der Waals surface area contributed by atoms with Crippen LogP contribution in [0.1, 0.15) is 33.1 Å². The second-order valence-corrected chi connectivity index (χ2v) is 7.75. The number of benzene rings is 1. The number of guanidine groups is 1. The highest BCUT2D eigenvalue weighted by Crippen LogP contribution is 2.31. The van der Waals surface area contributed by atoms with Crippen LogP contribution in [0.15, 0.2) is 24.3 Å². The van der Waals surface area contributed by atoms with Gasteiger partial charge >= 0.3 is 0 Å². The van der Waals surface area contributed by atoms with Crippen LogP contribution in [0.2, 0.25) is 0 Å². The molecule has 0 aliphatic carbocycles. The van der Waals surface area contributed by atoms with E-state index in [0.717, 1.165) is 50.4 Å². The number of likely N-dealkylation sites (tertiary alicyclic amines) is 1. The predicted molar refractivity (Wildman–Crippen MR) is 108 cm³/mol. The normalized spacial score (nSPS) is 20.8. The van der Waals surface area contributed by atoms with Crippen LogP contribution in [0.25, 0.3) is 0 Å². The van der Waals surface area contributed by atoms with Gasteiger partial charge < -0.3 is 14.8 Å². The van der Waals surface area contributed by atoms with Crippen LogP contribution in [0.3, 0.4) is 0 Å². The van der Waals surface area contributed by atoms with Crippen molar-refractivity contribution in [2.45, 2.75) is 45.3 Å². The highest BCUT2D eigenvalue weighted by atomic mass is 16.6. The number of nitriles is 1. The second-order valence-electron chi connectivity index (χ2n) is 7.75. The molecule has 1 aromatic carbocycles. The molecule has 2 aliphatic rings. The molecule has 0 saturated carbocycles. The van der Waals surface area contributed by atoms with E-state index in [2.05, 4.69) is 23.3 Å². The van der Waals surface area contributed by atoms with Crippen LogP contribution in [-0.4, -0.2) is 60.7 Å². The molecular weight excluding hydrogens is 354 g/mol. The molecular formula is C21H31N5O2. The average molecular weight is 386 g/mol. The van der Waals surface area contributed by atoms with E-state index >= 15 is 0 Å². The first-order valence-corrected chi connectivity index (χ1v) is 10.2. The molecule has 1 fully saturated rings. The molecule has 2 heterocycles. The Morgan fingerprint density at radius 3 is 2.75 bits per heavy atom. The lowest BCUT2D eigenvalue weighted by molar-refractivity contribution is 0.0470. The largest absolute Gasteiger partial charge is 0.486 e. The molecule has 152 valence electrons. The Balaban J connectivity index is 1.42. The molecule has 0 aromatic heterocycles. The minimum atomic E-state index is 0.0509. The van der Waals surface area contributed by atoms with Gasteiger partial charge in [-0.25, -0.2) is 4.90 Å². The van der Waals surface area contributed by atoms with Crippen molar-refractivity contribution < 1.29 is 9.47 Å². The highest BCUT2D eigenvalue weighted by Gasteiger charge is 2.27. The highest BCUT2D eigenvalue weighted by molar-refractivity contribution is 5.78. The summed E-state index contributed by atoms with van der Waals surface area (Å²) in [6.07, 6.45) is 5.19. The number of piperidine rings is 1. The first-order valence-electron chi connectivity index (χ1n) is 10.2. The quantitative estimate of drug-likeness (QED) is 0.339. The molecule has 0 amide bonds. The Morgan fingerprint density at radius 1 is 1.36 bits per heavy atom. The van der Waals surface area contributed by atoms with Gasteiger partial charge in [-0.1, -0.05) is 19.1 Å². The Bertz CT molecular complexity index is 696. The fourth-order valence-corrected chi connectivity index (χ4v) is 3.65. The van der Waals surface area contributed by atoms with Crippen molar-refractivity contribution >= 4 is 5.96 Å². The van der Waals surface area contributed by atoms with E-state index in [0.29, 0.717) is 19.1 Å². The van der Waals surface area contributed by atoms with Gasteiger partial charge in [0.1, 0.15) is 12.7 Å². The summed E-state index contributed by atoms with van der Waals surface area (Å²) in [5.74, 6) is 2.29. The topological polar surface area (TPSA) is 84.6 Å². The Morgan fingerprint density at radius 2 is 2.07 bits per heavy atom. The number of hydrogen-bond acceptors (Lipinski definition) is 5. The summed E-state index contributed by atoms with van der Waals surface area (Å²) in [4.78, 5) is 3.90. The molecule has 7 heteroatoms. The first-order chi connectivity index (χ1) is 13.6. The SMILES string of the molecule is CCC(C)NC(=N)N(C#N)CC1CCN(CC2COc3ccccc3O2)CC1. The van der Waals surface area contributed by atoms with Crippen LogP contribution in [0, 0.1) is 22.8 Å². The summed E-state index contributed by atoms with van der Waals surface area (Å²) in [5.41, 5.74) is 0. The fraction of sp³-hybridized carbons (Fsp3) is 0.619. The van der Waals surface area contributed by atoms with Crippen LogP contribution in [0.4, 0.5) is 0 Å². The number of ether oxygens (including phenoxy) is 2. The Kier molecular flexibility index (Phi) is 6.99. The fourth-order valence-electron chi connectivity index (χ4n) is 3.65. The monoisotopic (exact) mass is 385 g/mol. The summed E-state index contributed by atoms with van der Waals surface area (Å²) in [5, 5.41) is 20.6. The third-order valence-corrected chi connectivity index (χ3v) is 5.56. The van der Waals surface area contributed by atoms with Crippen LogP contribution < -0.4 is 14.8 Å². The van der Waals surface area contributed by atoms with Gasteiger partial charge in [0, 0.05) is 19.1 Å². The summed E-state index contributed by atoms with van der Waals surface area (Å²) < 4.78 is 11.9. The molecule has 0 spiro atoms. The van der Waals surface area contributed by atoms with Gasteiger partial charge in [-0.15, -0.1) is 0 Å². The minimum absolute atomic E-state index is 0.0509. The Hall–Kier alpha value is -2.46. The maximum absolute atomic E-state index is 9.42. The lowest BCUT2D eigenvalue weighted by Gasteiger charge is -2.36. The third kappa shape index (κ3) is 5.29. The van der Waals surface area contributed by atoms with Gasteiger partial charge in [0.15, 0.2) is 17.7 Å². The predicted octanol–water partition coefficient (Wildman–Crippen LogP) is 2.64. The van der Waals surface area contributed by atoms with E-state index in [-0.39, 0.29) is 18.1 Å². The van der Waals surface area contributed by atoms with Gasteiger partial charge in [-0.05, 0) is 57.3 Å². The van der Waals surface area contributed by atoms with Crippen molar-refractivity contribution in [1.29, 1.82) is 10.7 Å².